The zero-order chi connectivity index (χ0) is 26.4. The van der Waals surface area contributed by atoms with E-state index in [4.69, 9.17) is 16.0 Å². The van der Waals surface area contributed by atoms with Gasteiger partial charge < -0.3 is 15.1 Å². The number of aryl methyl sites for hydroxylation is 1. The number of anilines is 1. The first kappa shape index (κ1) is 26.0. The van der Waals surface area contributed by atoms with Gasteiger partial charge in [-0.1, -0.05) is 17.7 Å². The van der Waals surface area contributed by atoms with E-state index in [1.165, 1.54) is 31.1 Å². The number of benzene rings is 2. The quantitative estimate of drug-likeness (QED) is 0.308. The molecular weight excluding hydrogens is 518 g/mol. The van der Waals surface area contributed by atoms with Crippen LogP contribution in [0.4, 0.5) is 5.69 Å². The summed E-state index contributed by atoms with van der Waals surface area (Å²) < 4.78 is 30.6. The summed E-state index contributed by atoms with van der Waals surface area (Å²) in [5, 5.41) is 5.18. The third kappa shape index (κ3) is 6.38. The van der Waals surface area contributed by atoms with Gasteiger partial charge in [0, 0.05) is 22.9 Å². The number of oxazole rings is 1. The van der Waals surface area contributed by atoms with Gasteiger partial charge in [0.25, 0.3) is 0 Å². The normalized spacial score (nSPS) is 11.2. The van der Waals surface area contributed by atoms with Crippen LogP contribution in [0.5, 0.6) is 0 Å². The average molecular weight is 540 g/mol. The molecule has 2 heterocycles. The zero-order valence-corrected chi connectivity index (χ0v) is 21.2. The van der Waals surface area contributed by atoms with Crippen molar-refractivity contribution in [1.29, 1.82) is 0 Å². The fraction of sp³-hybridized carbons (Fsp3) is 0.160. The monoisotopic (exact) mass is 539 g/mol. The van der Waals surface area contributed by atoms with Crippen molar-refractivity contribution in [2.45, 2.75) is 18.2 Å². The number of hydrogen-bond donors (Lipinski definition) is 2. The SMILES string of the molecule is Cc1ccc(S(=O)(=O)CNC(=O)Cc2cncnc2-c2cc(-c3cnco3)ccc2NC(=O)CCl)cc1. The number of sulfone groups is 1. The second-order valence-electron chi connectivity index (χ2n) is 8.05. The number of nitrogens with one attached hydrogen (secondary N) is 2. The number of carbonyl (C=O) groups excluding carboxylic acids is 2. The lowest BCUT2D eigenvalue weighted by atomic mass is 9.99. The summed E-state index contributed by atoms with van der Waals surface area (Å²) in [6.45, 7) is 1.85. The van der Waals surface area contributed by atoms with Crippen molar-refractivity contribution in [3.8, 4) is 22.6 Å². The fourth-order valence-electron chi connectivity index (χ4n) is 3.51. The highest BCUT2D eigenvalue weighted by atomic mass is 35.5. The molecular formula is C25H22ClN5O5S. The molecule has 10 nitrogen and oxygen atoms in total. The molecule has 0 atom stereocenters. The first-order valence-corrected chi connectivity index (χ1v) is 13.2. The number of halogens is 1. The molecule has 0 radical (unpaired) electrons. The Hall–Kier alpha value is -4.09. The summed E-state index contributed by atoms with van der Waals surface area (Å²) in [5.41, 5.74) is 3.28. The Balaban J connectivity index is 1.60. The van der Waals surface area contributed by atoms with Crippen LogP contribution in [0.3, 0.4) is 0 Å². The van der Waals surface area contributed by atoms with Crippen molar-refractivity contribution in [1.82, 2.24) is 20.3 Å². The van der Waals surface area contributed by atoms with Gasteiger partial charge in [-0.05, 0) is 37.3 Å². The molecule has 0 aliphatic rings. The van der Waals surface area contributed by atoms with E-state index in [0.29, 0.717) is 33.8 Å². The molecule has 0 spiro atoms. The predicted octanol–water partition coefficient (Wildman–Crippen LogP) is 3.37. The lowest BCUT2D eigenvalue weighted by molar-refractivity contribution is -0.120. The van der Waals surface area contributed by atoms with Crippen molar-refractivity contribution in [2.24, 2.45) is 0 Å². The molecule has 0 unspecified atom stereocenters. The first-order valence-electron chi connectivity index (χ1n) is 11.0. The lowest BCUT2D eigenvalue weighted by Gasteiger charge is -2.14. The van der Waals surface area contributed by atoms with Crippen molar-refractivity contribution < 1.29 is 22.4 Å². The van der Waals surface area contributed by atoms with Gasteiger partial charge in [0.05, 0.1) is 28.9 Å². The molecule has 0 saturated heterocycles. The van der Waals surface area contributed by atoms with E-state index < -0.39 is 27.5 Å². The number of aromatic nitrogens is 3. The van der Waals surface area contributed by atoms with Gasteiger partial charge in [0.1, 0.15) is 18.1 Å². The first-order chi connectivity index (χ1) is 17.8. The maximum atomic E-state index is 12.7. The number of nitrogens with zero attached hydrogens (tertiary/aromatic N) is 3. The Bertz CT molecular complexity index is 1520. The largest absolute Gasteiger partial charge is 0.444 e. The van der Waals surface area contributed by atoms with E-state index in [0.717, 1.165) is 5.56 Å². The number of hydrogen-bond acceptors (Lipinski definition) is 8. The van der Waals surface area contributed by atoms with Gasteiger partial charge in [-0.25, -0.2) is 23.4 Å². The molecule has 0 aliphatic heterocycles. The third-order valence-corrected chi connectivity index (χ3v) is 7.12. The summed E-state index contributed by atoms with van der Waals surface area (Å²) in [5.74, 6) is -1.28. The minimum absolute atomic E-state index is 0.117. The van der Waals surface area contributed by atoms with E-state index >= 15 is 0 Å². The van der Waals surface area contributed by atoms with Crippen LogP contribution in [0.25, 0.3) is 22.6 Å². The Morgan fingerprint density at radius 3 is 2.51 bits per heavy atom. The predicted molar refractivity (Wildman–Crippen MR) is 137 cm³/mol. The summed E-state index contributed by atoms with van der Waals surface area (Å²) in [6, 6.07) is 11.5. The van der Waals surface area contributed by atoms with Crippen LogP contribution >= 0.6 is 11.6 Å². The van der Waals surface area contributed by atoms with Gasteiger partial charge in [0.15, 0.2) is 22.0 Å². The Labute approximate surface area is 218 Å². The summed E-state index contributed by atoms with van der Waals surface area (Å²) in [7, 11) is -3.72. The molecule has 0 fully saturated rings. The molecule has 2 amide bonds. The molecule has 37 heavy (non-hydrogen) atoms. The van der Waals surface area contributed by atoms with Crippen LogP contribution in [0.15, 0.2) is 76.9 Å². The maximum absolute atomic E-state index is 12.7. The second-order valence-corrected chi connectivity index (χ2v) is 10.3. The van der Waals surface area contributed by atoms with E-state index in [1.807, 2.05) is 6.92 Å². The smallest absolute Gasteiger partial charge is 0.239 e. The Morgan fingerprint density at radius 2 is 1.81 bits per heavy atom. The number of carbonyl (C=O) groups is 2. The van der Waals surface area contributed by atoms with Crippen molar-refractivity contribution >= 4 is 38.9 Å². The molecule has 0 saturated carbocycles. The molecule has 2 N–H and O–H groups in total. The number of amides is 2. The van der Waals surface area contributed by atoms with E-state index in [-0.39, 0.29) is 17.2 Å². The summed E-state index contributed by atoms with van der Waals surface area (Å²) in [6.07, 6.45) is 5.41. The zero-order valence-electron chi connectivity index (χ0n) is 19.6. The Kier molecular flexibility index (Phi) is 7.95. The van der Waals surface area contributed by atoms with Gasteiger partial charge in [-0.2, -0.15) is 0 Å². The van der Waals surface area contributed by atoms with Crippen LogP contribution < -0.4 is 10.6 Å². The van der Waals surface area contributed by atoms with Gasteiger partial charge in [0.2, 0.25) is 11.8 Å². The minimum atomic E-state index is -3.72. The van der Waals surface area contributed by atoms with Crippen molar-refractivity contribution in [2.75, 3.05) is 17.1 Å². The highest BCUT2D eigenvalue weighted by Crippen LogP contribution is 2.33. The molecule has 0 aliphatic carbocycles. The lowest BCUT2D eigenvalue weighted by Crippen LogP contribution is -2.31. The van der Waals surface area contributed by atoms with E-state index in [9.17, 15) is 18.0 Å². The van der Waals surface area contributed by atoms with Gasteiger partial charge >= 0.3 is 0 Å². The highest BCUT2D eigenvalue weighted by molar-refractivity contribution is 7.91. The molecule has 0 bridgehead atoms. The molecule has 4 aromatic rings. The van der Waals surface area contributed by atoms with E-state index in [1.54, 1.807) is 36.5 Å². The standard InChI is InChI=1S/C25H22ClN5O5S/c1-16-2-5-19(6-3-16)37(34,35)15-30-23(32)9-18-11-27-13-29-25(18)20-8-17(22-12-28-14-36-22)4-7-21(20)31-24(33)10-26/h2-8,11-14H,9-10,15H2,1H3,(H,30,32)(H,31,33). The summed E-state index contributed by atoms with van der Waals surface area (Å²) >= 11 is 5.67. The highest BCUT2D eigenvalue weighted by Gasteiger charge is 2.19. The van der Waals surface area contributed by atoms with Gasteiger partial charge in [-0.15, -0.1) is 11.6 Å². The van der Waals surface area contributed by atoms with Crippen LogP contribution in [-0.4, -0.2) is 46.9 Å². The molecule has 2 aromatic heterocycles. The fourth-order valence-corrected chi connectivity index (χ4v) is 4.65. The van der Waals surface area contributed by atoms with Crippen LogP contribution in [-0.2, 0) is 25.8 Å². The number of rotatable bonds is 9. The van der Waals surface area contributed by atoms with Crippen LogP contribution in [0.2, 0.25) is 0 Å². The second kappa shape index (κ2) is 11.3. The molecule has 4 rings (SSSR count). The molecule has 190 valence electrons. The average Bonchev–Trinajstić information content (AvgIpc) is 3.44. The third-order valence-electron chi connectivity index (χ3n) is 5.37. The van der Waals surface area contributed by atoms with Crippen molar-refractivity contribution in [3.63, 3.8) is 0 Å². The minimum Gasteiger partial charge on any atom is -0.444 e. The Morgan fingerprint density at radius 1 is 1.03 bits per heavy atom. The van der Waals surface area contributed by atoms with Gasteiger partial charge in [-0.3, -0.25) is 9.59 Å². The van der Waals surface area contributed by atoms with Crippen LogP contribution in [0.1, 0.15) is 11.1 Å². The van der Waals surface area contributed by atoms with E-state index in [2.05, 4.69) is 25.6 Å². The van der Waals surface area contributed by atoms with Crippen molar-refractivity contribution in [3.05, 3.63) is 78.7 Å². The maximum Gasteiger partial charge on any atom is 0.239 e. The molecule has 2 aromatic carbocycles. The molecule has 12 heteroatoms. The van der Waals surface area contributed by atoms with Crippen LogP contribution in [0, 0.1) is 6.92 Å². The topological polar surface area (TPSA) is 144 Å². The number of alkyl halides is 1. The summed E-state index contributed by atoms with van der Waals surface area (Å²) in [4.78, 5) is 37.2.